The number of anilines is 2. The van der Waals surface area contributed by atoms with Crippen molar-refractivity contribution in [2.45, 2.75) is 26.2 Å². The summed E-state index contributed by atoms with van der Waals surface area (Å²) >= 11 is 0. The summed E-state index contributed by atoms with van der Waals surface area (Å²) in [6.07, 6.45) is 5.65. The zero-order chi connectivity index (χ0) is 13.2. The van der Waals surface area contributed by atoms with Crippen LogP contribution in [0.5, 0.6) is 0 Å². The molecule has 1 aliphatic heterocycles. The predicted molar refractivity (Wildman–Crippen MR) is 81.4 cm³/mol. The van der Waals surface area contributed by atoms with Gasteiger partial charge >= 0.3 is 0 Å². The molecule has 1 aromatic heterocycles. The second-order valence-corrected chi connectivity index (χ2v) is 5.44. The van der Waals surface area contributed by atoms with Crippen LogP contribution in [-0.2, 0) is 0 Å². The standard InChI is InChI=1S/C16H21N3/c1-2-12-6-5-9-19(11-12)16-13-7-3-4-8-15(13)18-10-14(16)17/h3-4,7-8,10,12H,2,5-6,9,11,17H2,1H3. The quantitative estimate of drug-likeness (QED) is 0.893. The largest absolute Gasteiger partial charge is 0.396 e. The van der Waals surface area contributed by atoms with Crippen molar-refractivity contribution in [2.24, 2.45) is 5.92 Å². The van der Waals surface area contributed by atoms with Gasteiger partial charge in [-0.25, -0.2) is 0 Å². The smallest absolute Gasteiger partial charge is 0.0745 e. The number of fused-ring (bicyclic) bond motifs is 1. The van der Waals surface area contributed by atoms with Crippen molar-refractivity contribution < 1.29 is 0 Å². The summed E-state index contributed by atoms with van der Waals surface area (Å²) in [6.45, 7) is 4.51. The Morgan fingerprint density at radius 1 is 1.37 bits per heavy atom. The normalized spacial score (nSPS) is 19.8. The first-order valence-corrected chi connectivity index (χ1v) is 7.17. The monoisotopic (exact) mass is 255 g/mol. The minimum Gasteiger partial charge on any atom is -0.396 e. The van der Waals surface area contributed by atoms with Gasteiger partial charge in [-0.1, -0.05) is 31.5 Å². The Hall–Kier alpha value is -1.77. The van der Waals surface area contributed by atoms with Crippen molar-refractivity contribution in [3.05, 3.63) is 30.5 Å². The van der Waals surface area contributed by atoms with Gasteiger partial charge in [0.15, 0.2) is 0 Å². The number of rotatable bonds is 2. The summed E-state index contributed by atoms with van der Waals surface area (Å²) in [4.78, 5) is 6.88. The van der Waals surface area contributed by atoms with Crippen molar-refractivity contribution >= 4 is 22.3 Å². The van der Waals surface area contributed by atoms with Crippen LogP contribution >= 0.6 is 0 Å². The second-order valence-electron chi connectivity index (χ2n) is 5.44. The number of hydrogen-bond donors (Lipinski definition) is 1. The molecule has 0 aliphatic carbocycles. The highest BCUT2D eigenvalue weighted by atomic mass is 15.1. The minimum absolute atomic E-state index is 0.792. The molecule has 0 spiro atoms. The maximum atomic E-state index is 6.20. The van der Waals surface area contributed by atoms with Gasteiger partial charge in [-0.3, -0.25) is 4.98 Å². The van der Waals surface area contributed by atoms with Gasteiger partial charge in [-0.05, 0) is 24.8 Å². The van der Waals surface area contributed by atoms with Crippen molar-refractivity contribution in [3.63, 3.8) is 0 Å². The lowest BCUT2D eigenvalue weighted by Crippen LogP contribution is -2.35. The zero-order valence-electron chi connectivity index (χ0n) is 11.5. The van der Waals surface area contributed by atoms with Crippen molar-refractivity contribution in [1.29, 1.82) is 0 Å². The molecule has 2 aromatic rings. The Labute approximate surface area is 114 Å². The van der Waals surface area contributed by atoms with E-state index in [2.05, 4.69) is 35.0 Å². The van der Waals surface area contributed by atoms with E-state index < -0.39 is 0 Å². The molecule has 0 bridgehead atoms. The van der Waals surface area contributed by atoms with E-state index in [1.807, 2.05) is 6.07 Å². The van der Waals surface area contributed by atoms with Crippen LogP contribution < -0.4 is 10.6 Å². The molecule has 2 N–H and O–H groups in total. The molecule has 3 rings (SSSR count). The summed E-state index contributed by atoms with van der Waals surface area (Å²) < 4.78 is 0. The maximum absolute atomic E-state index is 6.20. The van der Waals surface area contributed by atoms with Crippen LogP contribution in [0.15, 0.2) is 30.5 Å². The highest BCUT2D eigenvalue weighted by Crippen LogP contribution is 2.34. The maximum Gasteiger partial charge on any atom is 0.0745 e. The fraction of sp³-hybridized carbons (Fsp3) is 0.438. The molecule has 1 aliphatic rings. The third-order valence-corrected chi connectivity index (χ3v) is 4.19. The summed E-state index contributed by atoms with van der Waals surface area (Å²) in [5.74, 6) is 0.792. The number of nitrogen functional groups attached to an aromatic ring is 1. The Balaban J connectivity index is 2.06. The van der Waals surface area contributed by atoms with Gasteiger partial charge in [0, 0.05) is 18.5 Å². The molecule has 3 nitrogen and oxygen atoms in total. The van der Waals surface area contributed by atoms with Crippen LogP contribution in [0.25, 0.3) is 10.9 Å². The molecule has 19 heavy (non-hydrogen) atoms. The average Bonchev–Trinajstić information content (AvgIpc) is 2.47. The van der Waals surface area contributed by atoms with Crippen LogP contribution in [0.2, 0.25) is 0 Å². The van der Waals surface area contributed by atoms with E-state index in [1.165, 1.54) is 30.3 Å². The number of hydrogen-bond acceptors (Lipinski definition) is 3. The molecule has 0 radical (unpaired) electrons. The molecule has 1 atom stereocenters. The molecule has 1 unspecified atom stereocenters. The van der Waals surface area contributed by atoms with E-state index in [4.69, 9.17) is 5.73 Å². The molecule has 2 heterocycles. The summed E-state index contributed by atoms with van der Waals surface area (Å²) in [5, 5.41) is 1.18. The van der Waals surface area contributed by atoms with E-state index >= 15 is 0 Å². The van der Waals surface area contributed by atoms with E-state index in [1.54, 1.807) is 6.20 Å². The molecule has 1 saturated heterocycles. The van der Waals surface area contributed by atoms with Gasteiger partial charge < -0.3 is 10.6 Å². The number of aromatic nitrogens is 1. The highest BCUT2D eigenvalue weighted by molar-refractivity contribution is 5.97. The Bertz CT molecular complexity index is 579. The van der Waals surface area contributed by atoms with E-state index in [0.29, 0.717) is 0 Å². The highest BCUT2D eigenvalue weighted by Gasteiger charge is 2.21. The Morgan fingerprint density at radius 3 is 3.05 bits per heavy atom. The van der Waals surface area contributed by atoms with Gasteiger partial charge in [0.25, 0.3) is 0 Å². The van der Waals surface area contributed by atoms with Crippen LogP contribution in [0.1, 0.15) is 26.2 Å². The molecule has 0 amide bonds. The van der Waals surface area contributed by atoms with Gasteiger partial charge in [-0.15, -0.1) is 0 Å². The number of nitrogens with zero attached hydrogens (tertiary/aromatic N) is 2. The van der Waals surface area contributed by atoms with Crippen LogP contribution in [0, 0.1) is 5.92 Å². The second kappa shape index (κ2) is 5.08. The average molecular weight is 255 g/mol. The van der Waals surface area contributed by atoms with Gasteiger partial charge in [0.1, 0.15) is 0 Å². The number of nitrogens with two attached hydrogens (primary N) is 1. The lowest BCUT2D eigenvalue weighted by atomic mass is 9.95. The van der Waals surface area contributed by atoms with Crippen LogP contribution in [0.4, 0.5) is 11.4 Å². The topological polar surface area (TPSA) is 42.1 Å². The van der Waals surface area contributed by atoms with Crippen LogP contribution in [0.3, 0.4) is 0 Å². The number of para-hydroxylation sites is 1. The summed E-state index contributed by atoms with van der Waals surface area (Å²) in [7, 11) is 0. The molecular weight excluding hydrogens is 234 g/mol. The number of piperidine rings is 1. The molecular formula is C16H21N3. The van der Waals surface area contributed by atoms with Crippen molar-refractivity contribution in [1.82, 2.24) is 4.98 Å². The zero-order valence-corrected chi connectivity index (χ0v) is 11.5. The Kier molecular flexibility index (Phi) is 3.28. The van der Waals surface area contributed by atoms with Crippen LogP contribution in [-0.4, -0.2) is 18.1 Å². The fourth-order valence-electron chi connectivity index (χ4n) is 3.10. The molecule has 1 aromatic carbocycles. The third-order valence-electron chi connectivity index (χ3n) is 4.19. The molecule has 1 fully saturated rings. The van der Waals surface area contributed by atoms with Gasteiger partial charge in [-0.2, -0.15) is 0 Å². The van der Waals surface area contributed by atoms with Gasteiger partial charge in [0.05, 0.1) is 23.1 Å². The SMILES string of the molecule is CCC1CCCN(c2c(N)cnc3ccccc23)C1. The van der Waals surface area contributed by atoms with E-state index in [0.717, 1.165) is 30.2 Å². The Morgan fingerprint density at radius 2 is 2.21 bits per heavy atom. The lowest BCUT2D eigenvalue weighted by Gasteiger charge is -2.35. The van der Waals surface area contributed by atoms with Gasteiger partial charge in [0.2, 0.25) is 0 Å². The molecule has 100 valence electrons. The lowest BCUT2D eigenvalue weighted by molar-refractivity contribution is 0.405. The van der Waals surface area contributed by atoms with Crippen molar-refractivity contribution in [2.75, 3.05) is 23.7 Å². The third kappa shape index (κ3) is 2.25. The molecule has 3 heteroatoms. The summed E-state index contributed by atoms with van der Waals surface area (Å²) in [5.41, 5.74) is 9.22. The van der Waals surface area contributed by atoms with Crippen molar-refractivity contribution in [3.8, 4) is 0 Å². The fourth-order valence-corrected chi connectivity index (χ4v) is 3.10. The number of benzene rings is 1. The van der Waals surface area contributed by atoms with E-state index in [9.17, 15) is 0 Å². The first-order chi connectivity index (χ1) is 9.29. The number of pyridine rings is 1. The summed E-state index contributed by atoms with van der Waals surface area (Å²) in [6, 6.07) is 8.28. The minimum atomic E-state index is 0.792. The molecule has 0 saturated carbocycles. The predicted octanol–water partition coefficient (Wildman–Crippen LogP) is 3.44. The van der Waals surface area contributed by atoms with E-state index in [-0.39, 0.29) is 0 Å². The first-order valence-electron chi connectivity index (χ1n) is 7.17. The first kappa shape index (κ1) is 12.3.